The fraction of sp³-hybridized carbons (Fsp3) is 0.600. The van der Waals surface area contributed by atoms with Crippen molar-refractivity contribution in [3.8, 4) is 0 Å². The Hall–Kier alpha value is -1.78. The van der Waals surface area contributed by atoms with E-state index in [0.717, 1.165) is 36.8 Å². The Bertz CT molecular complexity index is 577. The van der Waals surface area contributed by atoms with Crippen molar-refractivity contribution in [2.24, 2.45) is 0 Å². The zero-order valence-electron chi connectivity index (χ0n) is 12.3. The highest BCUT2D eigenvalue weighted by molar-refractivity contribution is 5.67. The van der Waals surface area contributed by atoms with Gasteiger partial charge in [0.1, 0.15) is 5.82 Å². The first-order valence-electron chi connectivity index (χ1n) is 7.64. The summed E-state index contributed by atoms with van der Waals surface area (Å²) in [6.45, 7) is 6.47. The van der Waals surface area contributed by atoms with Gasteiger partial charge in [-0.1, -0.05) is 6.92 Å². The number of hydrogen-bond acceptors (Lipinski definition) is 4. The molecule has 0 saturated carbocycles. The van der Waals surface area contributed by atoms with Crippen LogP contribution in [0.3, 0.4) is 0 Å². The Morgan fingerprint density at radius 2 is 2.30 bits per heavy atom. The minimum absolute atomic E-state index is 0.540. The number of hydrogen-bond donors (Lipinski definition) is 1. The van der Waals surface area contributed by atoms with E-state index in [1.54, 1.807) is 0 Å². The van der Waals surface area contributed by atoms with Crippen molar-refractivity contribution in [1.82, 2.24) is 14.4 Å². The summed E-state index contributed by atoms with van der Waals surface area (Å²) in [5, 5.41) is 3.38. The highest BCUT2D eigenvalue weighted by atomic mass is 15.3. The fourth-order valence-electron chi connectivity index (χ4n) is 2.86. The summed E-state index contributed by atoms with van der Waals surface area (Å²) in [5.74, 6) is 1.95. The van der Waals surface area contributed by atoms with E-state index in [4.69, 9.17) is 4.98 Å². The molecule has 0 bridgehead atoms. The van der Waals surface area contributed by atoms with Crippen molar-refractivity contribution in [3.05, 3.63) is 18.6 Å². The monoisotopic (exact) mass is 273 g/mol. The molecule has 0 radical (unpaired) electrons. The average Bonchev–Trinajstić information content (AvgIpc) is 2.93. The van der Waals surface area contributed by atoms with Gasteiger partial charge >= 0.3 is 0 Å². The molecule has 3 heterocycles. The molecule has 2 aromatic heterocycles. The molecule has 0 spiro atoms. The van der Waals surface area contributed by atoms with Crippen LogP contribution in [0.2, 0.25) is 0 Å². The van der Waals surface area contributed by atoms with E-state index in [1.165, 1.54) is 19.3 Å². The zero-order chi connectivity index (χ0) is 13.9. The first kappa shape index (κ1) is 13.2. The van der Waals surface area contributed by atoms with Crippen molar-refractivity contribution in [2.45, 2.75) is 45.6 Å². The molecule has 1 aliphatic heterocycles. The summed E-state index contributed by atoms with van der Waals surface area (Å²) in [5.41, 5.74) is 0.959. The summed E-state index contributed by atoms with van der Waals surface area (Å²) >= 11 is 0. The minimum atomic E-state index is 0.540. The van der Waals surface area contributed by atoms with Crippen LogP contribution < -0.4 is 10.2 Å². The van der Waals surface area contributed by atoms with Crippen LogP contribution in [-0.2, 0) is 0 Å². The van der Waals surface area contributed by atoms with Crippen LogP contribution in [0.25, 0.3) is 5.65 Å². The number of imidazole rings is 1. The molecule has 20 heavy (non-hydrogen) atoms. The molecule has 1 fully saturated rings. The van der Waals surface area contributed by atoms with Crippen molar-refractivity contribution >= 4 is 17.3 Å². The van der Waals surface area contributed by atoms with Gasteiger partial charge in [0.25, 0.3) is 0 Å². The highest BCUT2D eigenvalue weighted by Gasteiger charge is 2.23. The Labute approximate surface area is 120 Å². The maximum absolute atomic E-state index is 4.82. The predicted octanol–water partition coefficient (Wildman–Crippen LogP) is 2.93. The van der Waals surface area contributed by atoms with Gasteiger partial charge in [0.05, 0.1) is 6.20 Å². The Morgan fingerprint density at radius 1 is 1.40 bits per heavy atom. The van der Waals surface area contributed by atoms with Crippen LogP contribution in [0.15, 0.2) is 18.6 Å². The third kappa shape index (κ3) is 2.44. The van der Waals surface area contributed by atoms with E-state index >= 15 is 0 Å². The van der Waals surface area contributed by atoms with Crippen LogP contribution in [-0.4, -0.2) is 33.5 Å². The molecule has 5 heteroatoms. The zero-order valence-corrected chi connectivity index (χ0v) is 12.3. The first-order chi connectivity index (χ1) is 9.79. The molecule has 2 aromatic rings. The second-order valence-electron chi connectivity index (χ2n) is 5.57. The van der Waals surface area contributed by atoms with E-state index in [9.17, 15) is 0 Å². The standard InChI is InChI=1S/C15H23N5/c1-3-7-16-13-11-19-10-8-17-14(19)15(18-13)20-9-5-4-6-12(20)2/h8,10-12,16H,3-7,9H2,1-2H3. The number of nitrogens with zero attached hydrogens (tertiary/aromatic N) is 4. The Balaban J connectivity index is 2.00. The average molecular weight is 273 g/mol. The summed E-state index contributed by atoms with van der Waals surface area (Å²) in [4.78, 5) is 11.7. The van der Waals surface area contributed by atoms with Crippen LogP contribution in [0.4, 0.5) is 11.6 Å². The number of aromatic nitrogens is 3. The molecule has 1 aliphatic rings. The van der Waals surface area contributed by atoms with E-state index in [-0.39, 0.29) is 0 Å². The smallest absolute Gasteiger partial charge is 0.180 e. The summed E-state index contributed by atoms with van der Waals surface area (Å²) in [7, 11) is 0. The summed E-state index contributed by atoms with van der Waals surface area (Å²) < 4.78 is 2.07. The number of rotatable bonds is 4. The molecular formula is C15H23N5. The highest BCUT2D eigenvalue weighted by Crippen LogP contribution is 2.27. The minimum Gasteiger partial charge on any atom is -0.369 e. The molecule has 1 atom stereocenters. The van der Waals surface area contributed by atoms with Gasteiger partial charge in [0.15, 0.2) is 11.5 Å². The van der Waals surface area contributed by atoms with Crippen LogP contribution in [0.1, 0.15) is 39.5 Å². The van der Waals surface area contributed by atoms with Gasteiger partial charge in [-0.3, -0.25) is 0 Å². The topological polar surface area (TPSA) is 45.5 Å². The second kappa shape index (κ2) is 5.69. The molecule has 108 valence electrons. The lowest BCUT2D eigenvalue weighted by molar-refractivity contribution is 0.482. The lowest BCUT2D eigenvalue weighted by Crippen LogP contribution is -2.38. The van der Waals surface area contributed by atoms with E-state index in [1.807, 2.05) is 18.6 Å². The molecule has 5 nitrogen and oxygen atoms in total. The predicted molar refractivity (Wildman–Crippen MR) is 82.4 cm³/mol. The normalized spacial score (nSPS) is 19.5. The molecular weight excluding hydrogens is 250 g/mol. The van der Waals surface area contributed by atoms with Crippen molar-refractivity contribution in [2.75, 3.05) is 23.3 Å². The third-order valence-electron chi connectivity index (χ3n) is 3.99. The molecule has 3 rings (SSSR count). The van der Waals surface area contributed by atoms with Gasteiger partial charge in [-0.15, -0.1) is 0 Å². The number of anilines is 2. The quantitative estimate of drug-likeness (QED) is 0.930. The fourth-order valence-corrected chi connectivity index (χ4v) is 2.86. The van der Waals surface area contributed by atoms with Crippen molar-refractivity contribution < 1.29 is 0 Å². The van der Waals surface area contributed by atoms with Crippen molar-refractivity contribution in [1.29, 1.82) is 0 Å². The number of fused-ring (bicyclic) bond motifs is 1. The third-order valence-corrected chi connectivity index (χ3v) is 3.99. The molecule has 0 amide bonds. The van der Waals surface area contributed by atoms with Gasteiger partial charge in [0.2, 0.25) is 0 Å². The maximum atomic E-state index is 4.82. The van der Waals surface area contributed by atoms with E-state index in [0.29, 0.717) is 6.04 Å². The SMILES string of the molecule is CCCNc1cn2ccnc2c(N2CCCCC2C)n1. The summed E-state index contributed by atoms with van der Waals surface area (Å²) in [6.07, 6.45) is 10.8. The van der Waals surface area contributed by atoms with E-state index < -0.39 is 0 Å². The maximum Gasteiger partial charge on any atom is 0.180 e. The lowest BCUT2D eigenvalue weighted by Gasteiger charge is -2.34. The van der Waals surface area contributed by atoms with Gasteiger partial charge in [-0.05, 0) is 32.6 Å². The largest absolute Gasteiger partial charge is 0.369 e. The summed E-state index contributed by atoms with van der Waals surface area (Å²) in [6, 6.07) is 0.540. The van der Waals surface area contributed by atoms with Gasteiger partial charge in [-0.25, -0.2) is 9.97 Å². The van der Waals surface area contributed by atoms with Crippen molar-refractivity contribution in [3.63, 3.8) is 0 Å². The number of nitrogens with one attached hydrogen (secondary N) is 1. The molecule has 0 aromatic carbocycles. The first-order valence-corrected chi connectivity index (χ1v) is 7.64. The van der Waals surface area contributed by atoms with Gasteiger partial charge in [-0.2, -0.15) is 0 Å². The molecule has 1 saturated heterocycles. The van der Waals surface area contributed by atoms with Crippen LogP contribution >= 0.6 is 0 Å². The van der Waals surface area contributed by atoms with Crippen LogP contribution in [0.5, 0.6) is 0 Å². The molecule has 1 N–H and O–H groups in total. The van der Waals surface area contributed by atoms with Gasteiger partial charge in [0, 0.05) is 31.5 Å². The Kier molecular flexibility index (Phi) is 3.76. The second-order valence-corrected chi connectivity index (χ2v) is 5.57. The molecule has 0 aliphatic carbocycles. The molecule has 1 unspecified atom stereocenters. The van der Waals surface area contributed by atoms with Gasteiger partial charge < -0.3 is 14.6 Å². The Morgan fingerprint density at radius 3 is 3.10 bits per heavy atom. The number of piperidine rings is 1. The van der Waals surface area contributed by atoms with Crippen LogP contribution in [0, 0.1) is 0 Å². The lowest BCUT2D eigenvalue weighted by atomic mass is 10.0. The van der Waals surface area contributed by atoms with E-state index in [2.05, 4.69) is 33.4 Å².